The van der Waals surface area contributed by atoms with E-state index in [1.165, 1.54) is 6.42 Å². The predicted molar refractivity (Wildman–Crippen MR) is 87.1 cm³/mol. The lowest BCUT2D eigenvalue weighted by molar-refractivity contribution is -0.385. The molecular formula is C16H24FNO6. The molecule has 1 rings (SSSR count). The minimum Gasteiger partial charge on any atom is -0.468 e. The van der Waals surface area contributed by atoms with Gasteiger partial charge in [0.15, 0.2) is 5.92 Å². The lowest BCUT2D eigenvalue weighted by Crippen LogP contribution is -2.25. The van der Waals surface area contributed by atoms with Crippen LogP contribution in [0.1, 0.15) is 45.6 Å². The normalized spacial score (nSPS) is 9.00. The van der Waals surface area contributed by atoms with Gasteiger partial charge in [-0.3, -0.25) is 19.7 Å². The van der Waals surface area contributed by atoms with Crippen LogP contribution in [0, 0.1) is 15.9 Å². The number of carbonyl (C=O) groups is 2. The van der Waals surface area contributed by atoms with Crippen LogP contribution in [0.25, 0.3) is 0 Å². The minimum absolute atomic E-state index is 0.343. The molecule has 24 heavy (non-hydrogen) atoms. The van der Waals surface area contributed by atoms with Crippen LogP contribution in [0.15, 0.2) is 18.2 Å². The number of benzene rings is 1. The highest BCUT2D eigenvalue weighted by atomic mass is 19.1. The van der Waals surface area contributed by atoms with Crippen LogP contribution in [0.3, 0.4) is 0 Å². The Morgan fingerprint density at radius 3 is 1.88 bits per heavy atom. The monoisotopic (exact) mass is 345 g/mol. The molecule has 0 atom stereocenters. The molecule has 0 fully saturated rings. The van der Waals surface area contributed by atoms with E-state index >= 15 is 0 Å². The zero-order valence-electron chi connectivity index (χ0n) is 14.8. The molecule has 1 aromatic rings. The third kappa shape index (κ3) is 7.17. The van der Waals surface area contributed by atoms with E-state index in [0.717, 1.165) is 26.4 Å². The first-order valence-corrected chi connectivity index (χ1v) is 7.43. The average Bonchev–Trinajstić information content (AvgIpc) is 2.58. The predicted octanol–water partition coefficient (Wildman–Crippen LogP) is 3.61. The summed E-state index contributed by atoms with van der Waals surface area (Å²) >= 11 is 0. The fourth-order valence-corrected chi connectivity index (χ4v) is 1.45. The van der Waals surface area contributed by atoms with Gasteiger partial charge in [-0.2, -0.15) is 0 Å². The minimum atomic E-state index is -1.61. The Morgan fingerprint density at radius 2 is 1.58 bits per heavy atom. The number of ether oxygens (including phenoxy) is 2. The number of nitro groups is 1. The molecule has 0 radical (unpaired) electrons. The summed E-state index contributed by atoms with van der Waals surface area (Å²) in [6.45, 7) is 8.25. The number of carbonyl (C=O) groups excluding carboxylic acids is 2. The largest absolute Gasteiger partial charge is 0.468 e. The van der Waals surface area contributed by atoms with Crippen molar-refractivity contribution in [2.75, 3.05) is 14.2 Å². The summed E-state index contributed by atoms with van der Waals surface area (Å²) in [6.07, 6.45) is 1.25. The van der Waals surface area contributed by atoms with Crippen LogP contribution >= 0.6 is 0 Å². The molecule has 0 unspecified atom stereocenters. The van der Waals surface area contributed by atoms with Crippen molar-refractivity contribution in [3.8, 4) is 0 Å². The number of non-ortho nitro benzene ring substituents is 1. The average molecular weight is 345 g/mol. The van der Waals surface area contributed by atoms with Gasteiger partial charge in [-0.05, 0) is 6.07 Å². The van der Waals surface area contributed by atoms with E-state index in [1.54, 1.807) is 0 Å². The van der Waals surface area contributed by atoms with E-state index < -0.39 is 34.3 Å². The van der Waals surface area contributed by atoms with Crippen LogP contribution in [0.5, 0.6) is 0 Å². The zero-order valence-corrected chi connectivity index (χ0v) is 14.8. The van der Waals surface area contributed by atoms with Crippen LogP contribution in [0.4, 0.5) is 10.1 Å². The Hall–Kier alpha value is -2.51. The number of nitrogens with zero attached hydrogens (tertiary/aromatic N) is 1. The van der Waals surface area contributed by atoms with E-state index in [9.17, 15) is 24.1 Å². The van der Waals surface area contributed by atoms with Gasteiger partial charge in [0.1, 0.15) is 5.82 Å². The number of halogens is 1. The molecule has 0 bridgehead atoms. The van der Waals surface area contributed by atoms with Crippen molar-refractivity contribution < 1.29 is 28.4 Å². The molecule has 8 heteroatoms. The van der Waals surface area contributed by atoms with Crippen LogP contribution in [-0.4, -0.2) is 31.1 Å². The number of hydrogen-bond donors (Lipinski definition) is 0. The Balaban J connectivity index is 0. The fourth-order valence-electron chi connectivity index (χ4n) is 1.45. The molecule has 1 aromatic carbocycles. The second kappa shape index (κ2) is 13.0. The number of nitro benzene ring substituents is 1. The second-order valence-corrected chi connectivity index (χ2v) is 4.15. The summed E-state index contributed by atoms with van der Waals surface area (Å²) in [5.41, 5.74) is -0.834. The highest BCUT2D eigenvalue weighted by molar-refractivity contribution is 6.00. The van der Waals surface area contributed by atoms with E-state index in [-0.39, 0.29) is 5.56 Å². The van der Waals surface area contributed by atoms with E-state index in [1.807, 2.05) is 13.8 Å². The summed E-state index contributed by atoms with van der Waals surface area (Å²) in [6, 6.07) is 2.58. The van der Waals surface area contributed by atoms with Crippen molar-refractivity contribution in [1.29, 1.82) is 0 Å². The topological polar surface area (TPSA) is 95.7 Å². The van der Waals surface area contributed by atoms with Crippen LogP contribution in [0.2, 0.25) is 0 Å². The van der Waals surface area contributed by atoms with E-state index in [4.69, 9.17) is 0 Å². The van der Waals surface area contributed by atoms with Gasteiger partial charge in [-0.15, -0.1) is 0 Å². The van der Waals surface area contributed by atoms with Crippen LogP contribution in [-0.2, 0) is 19.1 Å². The third-order valence-electron chi connectivity index (χ3n) is 2.38. The summed E-state index contributed by atoms with van der Waals surface area (Å²) < 4.78 is 22.5. The summed E-state index contributed by atoms with van der Waals surface area (Å²) in [5, 5.41) is 10.5. The molecule has 0 spiro atoms. The summed E-state index contributed by atoms with van der Waals surface area (Å²) in [7, 11) is 2.06. The van der Waals surface area contributed by atoms with Crippen molar-refractivity contribution in [1.82, 2.24) is 0 Å². The summed E-state index contributed by atoms with van der Waals surface area (Å²) in [5.74, 6) is -4.70. The summed E-state index contributed by atoms with van der Waals surface area (Å²) in [4.78, 5) is 32.6. The van der Waals surface area contributed by atoms with Gasteiger partial charge in [0.2, 0.25) is 0 Å². The first-order valence-electron chi connectivity index (χ1n) is 7.43. The molecule has 0 saturated carbocycles. The third-order valence-corrected chi connectivity index (χ3v) is 2.38. The highest BCUT2D eigenvalue weighted by Crippen LogP contribution is 2.25. The molecule has 136 valence electrons. The second-order valence-electron chi connectivity index (χ2n) is 4.15. The molecule has 0 aromatic heterocycles. The van der Waals surface area contributed by atoms with Gasteiger partial charge < -0.3 is 9.47 Å². The van der Waals surface area contributed by atoms with Crippen molar-refractivity contribution in [3.63, 3.8) is 0 Å². The molecule has 7 nitrogen and oxygen atoms in total. The van der Waals surface area contributed by atoms with Crippen molar-refractivity contribution in [2.45, 2.75) is 40.0 Å². The van der Waals surface area contributed by atoms with Crippen LogP contribution < -0.4 is 0 Å². The van der Waals surface area contributed by atoms with Gasteiger partial charge in [0, 0.05) is 11.6 Å². The van der Waals surface area contributed by atoms with Gasteiger partial charge in [0.05, 0.1) is 25.2 Å². The molecule has 0 aliphatic rings. The number of esters is 2. The number of methoxy groups -OCH3 is 2. The smallest absolute Gasteiger partial charge is 0.324 e. The van der Waals surface area contributed by atoms with Gasteiger partial charge in [0.25, 0.3) is 5.69 Å². The standard InChI is InChI=1S/C11H10FNO6.C3H8.C2H6/c1-18-10(14)9(11(15)19-2)7-4-3-6(13(16)17)5-8(7)12;1-3-2;1-2/h3-5,9H,1-2H3;3H2,1-2H3;1-2H3. The Labute approximate surface area is 140 Å². The number of hydrogen-bond acceptors (Lipinski definition) is 6. The maximum Gasteiger partial charge on any atom is 0.324 e. The Kier molecular flexibility index (Phi) is 12.8. The maximum absolute atomic E-state index is 13.7. The first-order chi connectivity index (χ1) is 11.3. The fraction of sp³-hybridized carbons (Fsp3) is 0.500. The molecule has 0 aliphatic carbocycles. The van der Waals surface area contributed by atoms with Crippen molar-refractivity contribution in [2.24, 2.45) is 0 Å². The number of rotatable bonds is 4. The van der Waals surface area contributed by atoms with E-state index in [2.05, 4.69) is 23.3 Å². The quantitative estimate of drug-likeness (QED) is 0.358. The zero-order chi connectivity index (χ0) is 19.3. The molecule has 0 saturated heterocycles. The molecule has 0 heterocycles. The van der Waals surface area contributed by atoms with Crippen molar-refractivity contribution in [3.05, 3.63) is 39.7 Å². The molecule has 0 N–H and O–H groups in total. The molecular weight excluding hydrogens is 321 g/mol. The van der Waals surface area contributed by atoms with E-state index in [0.29, 0.717) is 6.07 Å². The lowest BCUT2D eigenvalue weighted by Gasteiger charge is -2.13. The SMILES string of the molecule is CC.CCC.COC(=O)C(C(=O)OC)c1ccc([N+](=O)[O-])cc1F. The van der Waals surface area contributed by atoms with Crippen molar-refractivity contribution >= 4 is 17.6 Å². The maximum atomic E-state index is 13.7. The molecule has 0 aliphatic heterocycles. The van der Waals surface area contributed by atoms with Gasteiger partial charge in [-0.1, -0.05) is 34.1 Å². The van der Waals surface area contributed by atoms with Gasteiger partial charge >= 0.3 is 11.9 Å². The van der Waals surface area contributed by atoms with Gasteiger partial charge in [-0.25, -0.2) is 4.39 Å². The Morgan fingerprint density at radius 1 is 1.17 bits per heavy atom. The lowest BCUT2D eigenvalue weighted by atomic mass is 9.98. The molecule has 0 amide bonds. The first kappa shape index (κ1) is 23.8. The highest BCUT2D eigenvalue weighted by Gasteiger charge is 2.33. The Bertz CT molecular complexity index is 531.